The molecule has 1 heterocycles. The number of likely N-dealkylation sites (tertiary alicyclic amines) is 1. The SMILES string of the molecule is CC(=O)NCCNC(=O)N1CC(CC(=O)O)C1. The van der Waals surface area contributed by atoms with Gasteiger partial charge in [-0.05, 0) is 0 Å². The Labute approximate surface area is 99.2 Å². The van der Waals surface area contributed by atoms with Crippen LogP contribution in [-0.4, -0.2) is 54.1 Å². The van der Waals surface area contributed by atoms with E-state index in [1.54, 1.807) is 4.90 Å². The van der Waals surface area contributed by atoms with Crippen molar-refractivity contribution in [3.05, 3.63) is 0 Å². The number of aliphatic carboxylic acids is 1. The normalized spacial score (nSPS) is 15.0. The first-order valence-electron chi connectivity index (χ1n) is 5.48. The predicted molar refractivity (Wildman–Crippen MR) is 59.4 cm³/mol. The smallest absolute Gasteiger partial charge is 0.317 e. The standard InChI is InChI=1S/C10H17N3O4/c1-7(14)11-2-3-12-10(17)13-5-8(6-13)4-9(15)16/h8H,2-6H2,1H3,(H,11,14)(H,12,17)(H,15,16). The van der Waals surface area contributed by atoms with Crippen molar-refractivity contribution in [2.75, 3.05) is 26.2 Å². The molecule has 1 aliphatic rings. The number of hydrogen-bond donors (Lipinski definition) is 3. The molecule has 0 aliphatic carbocycles. The third kappa shape index (κ3) is 4.71. The molecular formula is C10H17N3O4. The first-order valence-corrected chi connectivity index (χ1v) is 5.48. The maximum absolute atomic E-state index is 11.5. The summed E-state index contributed by atoms with van der Waals surface area (Å²) in [6, 6.07) is -0.211. The van der Waals surface area contributed by atoms with Gasteiger partial charge in [0, 0.05) is 39.0 Å². The summed E-state index contributed by atoms with van der Waals surface area (Å²) in [6.07, 6.45) is 0.107. The van der Waals surface area contributed by atoms with Crippen LogP contribution in [0.4, 0.5) is 4.79 Å². The molecule has 1 aliphatic heterocycles. The van der Waals surface area contributed by atoms with E-state index in [0.717, 1.165) is 0 Å². The highest BCUT2D eigenvalue weighted by atomic mass is 16.4. The van der Waals surface area contributed by atoms with Crippen LogP contribution in [0.25, 0.3) is 0 Å². The van der Waals surface area contributed by atoms with Gasteiger partial charge in [0.25, 0.3) is 0 Å². The Hall–Kier alpha value is -1.79. The molecule has 96 valence electrons. The van der Waals surface area contributed by atoms with Crippen LogP contribution in [-0.2, 0) is 9.59 Å². The largest absolute Gasteiger partial charge is 0.481 e. The molecule has 0 spiro atoms. The quantitative estimate of drug-likeness (QED) is 0.553. The van der Waals surface area contributed by atoms with E-state index in [0.29, 0.717) is 26.2 Å². The molecule has 0 atom stereocenters. The molecule has 17 heavy (non-hydrogen) atoms. The summed E-state index contributed by atoms with van der Waals surface area (Å²) in [7, 11) is 0. The summed E-state index contributed by atoms with van der Waals surface area (Å²) in [5.74, 6) is -0.904. The number of urea groups is 1. The van der Waals surface area contributed by atoms with Crippen LogP contribution >= 0.6 is 0 Å². The van der Waals surface area contributed by atoms with E-state index in [4.69, 9.17) is 5.11 Å². The van der Waals surface area contributed by atoms with Gasteiger partial charge in [-0.25, -0.2) is 4.79 Å². The first kappa shape index (κ1) is 13.3. The Balaban J connectivity index is 2.07. The number of carboxylic acid groups (broad SMARTS) is 1. The molecule has 3 amide bonds. The maximum Gasteiger partial charge on any atom is 0.317 e. The van der Waals surface area contributed by atoms with Crippen molar-refractivity contribution in [1.29, 1.82) is 0 Å². The summed E-state index contributed by atoms with van der Waals surface area (Å²) in [6.45, 7) is 3.15. The van der Waals surface area contributed by atoms with Crippen LogP contribution < -0.4 is 10.6 Å². The average molecular weight is 243 g/mol. The molecule has 1 saturated heterocycles. The fourth-order valence-corrected chi connectivity index (χ4v) is 1.63. The van der Waals surface area contributed by atoms with Gasteiger partial charge in [-0.2, -0.15) is 0 Å². The Morgan fingerprint density at radius 3 is 2.35 bits per heavy atom. The van der Waals surface area contributed by atoms with E-state index in [1.807, 2.05) is 0 Å². The topological polar surface area (TPSA) is 98.7 Å². The van der Waals surface area contributed by atoms with Crippen LogP contribution in [0.15, 0.2) is 0 Å². The second-order valence-electron chi connectivity index (χ2n) is 4.08. The summed E-state index contributed by atoms with van der Waals surface area (Å²) < 4.78 is 0. The number of nitrogens with zero attached hydrogens (tertiary/aromatic N) is 1. The van der Waals surface area contributed by atoms with Crippen molar-refractivity contribution in [1.82, 2.24) is 15.5 Å². The maximum atomic E-state index is 11.5. The highest BCUT2D eigenvalue weighted by Crippen LogP contribution is 2.18. The van der Waals surface area contributed by atoms with Crippen molar-refractivity contribution in [3.8, 4) is 0 Å². The molecule has 0 aromatic heterocycles. The van der Waals surface area contributed by atoms with Crippen molar-refractivity contribution in [2.24, 2.45) is 5.92 Å². The zero-order valence-electron chi connectivity index (χ0n) is 9.73. The predicted octanol–water partition coefficient (Wildman–Crippen LogP) is -0.761. The lowest BCUT2D eigenvalue weighted by Crippen LogP contribution is -2.54. The second-order valence-corrected chi connectivity index (χ2v) is 4.08. The molecule has 7 heteroatoms. The van der Waals surface area contributed by atoms with Crippen molar-refractivity contribution >= 4 is 17.9 Å². The van der Waals surface area contributed by atoms with Gasteiger partial charge in [0.2, 0.25) is 5.91 Å². The van der Waals surface area contributed by atoms with E-state index in [2.05, 4.69) is 10.6 Å². The van der Waals surface area contributed by atoms with Crippen LogP contribution in [0.5, 0.6) is 0 Å². The molecule has 0 radical (unpaired) electrons. The molecule has 0 saturated carbocycles. The Morgan fingerprint density at radius 2 is 1.82 bits per heavy atom. The third-order valence-electron chi connectivity index (χ3n) is 2.48. The van der Waals surface area contributed by atoms with Crippen molar-refractivity contribution in [2.45, 2.75) is 13.3 Å². The summed E-state index contributed by atoms with van der Waals surface area (Å²) in [5, 5.41) is 13.7. The second kappa shape index (κ2) is 6.07. The fourth-order valence-electron chi connectivity index (χ4n) is 1.63. The number of nitrogens with one attached hydrogen (secondary N) is 2. The van der Waals surface area contributed by atoms with Crippen molar-refractivity contribution in [3.63, 3.8) is 0 Å². The average Bonchev–Trinajstić information content (AvgIpc) is 2.16. The van der Waals surface area contributed by atoms with Crippen LogP contribution in [0.2, 0.25) is 0 Å². The highest BCUT2D eigenvalue weighted by molar-refractivity contribution is 5.76. The van der Waals surface area contributed by atoms with Crippen LogP contribution in [0.3, 0.4) is 0 Å². The first-order chi connectivity index (χ1) is 7.99. The lowest BCUT2D eigenvalue weighted by Gasteiger charge is -2.38. The van der Waals surface area contributed by atoms with E-state index in [-0.39, 0.29) is 24.3 Å². The third-order valence-corrected chi connectivity index (χ3v) is 2.48. The molecule has 0 unspecified atom stereocenters. The van der Waals surface area contributed by atoms with Gasteiger partial charge in [0.05, 0.1) is 6.42 Å². The zero-order chi connectivity index (χ0) is 12.8. The molecule has 3 N–H and O–H groups in total. The fraction of sp³-hybridized carbons (Fsp3) is 0.700. The highest BCUT2D eigenvalue weighted by Gasteiger charge is 2.31. The van der Waals surface area contributed by atoms with Gasteiger partial charge >= 0.3 is 12.0 Å². The van der Waals surface area contributed by atoms with Gasteiger partial charge < -0.3 is 20.6 Å². The Morgan fingerprint density at radius 1 is 1.24 bits per heavy atom. The zero-order valence-corrected chi connectivity index (χ0v) is 9.73. The Kier molecular flexibility index (Phi) is 4.74. The number of hydrogen-bond acceptors (Lipinski definition) is 3. The number of rotatable bonds is 5. The molecule has 0 aromatic carbocycles. The number of carbonyl (C=O) groups excluding carboxylic acids is 2. The monoisotopic (exact) mass is 243 g/mol. The minimum absolute atomic E-state index is 0.0635. The molecule has 1 fully saturated rings. The van der Waals surface area contributed by atoms with E-state index in [1.165, 1.54) is 6.92 Å². The minimum atomic E-state index is -0.833. The van der Waals surface area contributed by atoms with Crippen LogP contribution in [0.1, 0.15) is 13.3 Å². The summed E-state index contributed by atoms with van der Waals surface area (Å²) in [4.78, 5) is 34.0. The van der Waals surface area contributed by atoms with Gasteiger partial charge in [0.1, 0.15) is 0 Å². The number of amides is 3. The molecule has 0 bridgehead atoms. The molecule has 0 aromatic rings. The number of carboxylic acids is 1. The summed E-state index contributed by atoms with van der Waals surface area (Å²) in [5.41, 5.74) is 0. The van der Waals surface area contributed by atoms with Crippen molar-refractivity contribution < 1.29 is 19.5 Å². The Bertz CT molecular complexity index is 313. The van der Waals surface area contributed by atoms with Crippen LogP contribution in [0, 0.1) is 5.92 Å². The lowest BCUT2D eigenvalue weighted by molar-refractivity contribution is -0.139. The van der Waals surface area contributed by atoms with Gasteiger partial charge in [-0.15, -0.1) is 0 Å². The van der Waals surface area contributed by atoms with E-state index in [9.17, 15) is 14.4 Å². The molecule has 1 rings (SSSR count). The number of carbonyl (C=O) groups is 3. The molecular weight excluding hydrogens is 226 g/mol. The van der Waals surface area contributed by atoms with Gasteiger partial charge in [-0.3, -0.25) is 9.59 Å². The van der Waals surface area contributed by atoms with E-state index < -0.39 is 5.97 Å². The van der Waals surface area contributed by atoms with Gasteiger partial charge in [-0.1, -0.05) is 0 Å². The molecule has 7 nitrogen and oxygen atoms in total. The minimum Gasteiger partial charge on any atom is -0.481 e. The van der Waals surface area contributed by atoms with Gasteiger partial charge in [0.15, 0.2) is 0 Å². The summed E-state index contributed by atoms with van der Waals surface area (Å²) >= 11 is 0. The van der Waals surface area contributed by atoms with E-state index >= 15 is 0 Å². The lowest BCUT2D eigenvalue weighted by atomic mass is 9.97.